The zero-order valence-corrected chi connectivity index (χ0v) is 13.4. The van der Waals surface area contributed by atoms with E-state index in [-0.39, 0.29) is 22.3 Å². The number of carbonyl (C=O) groups excluding carboxylic acids is 2. The lowest BCUT2D eigenvalue weighted by atomic mass is 9.99. The van der Waals surface area contributed by atoms with Crippen LogP contribution in [0.25, 0.3) is 0 Å². The molecule has 0 unspecified atom stereocenters. The number of amides is 1. The summed E-state index contributed by atoms with van der Waals surface area (Å²) < 4.78 is 5.18. The molecule has 0 bridgehead atoms. The fourth-order valence-electron chi connectivity index (χ4n) is 1.84. The van der Waals surface area contributed by atoms with Gasteiger partial charge in [-0.05, 0) is 25.1 Å². The molecule has 0 radical (unpaired) electrons. The molecule has 2 aromatic rings. The number of hydrogen-bond donors (Lipinski definition) is 1. The third-order valence-corrected chi connectivity index (χ3v) is 3.21. The zero-order chi connectivity index (χ0) is 17.5. The van der Waals surface area contributed by atoms with Crippen molar-refractivity contribution in [1.82, 2.24) is 9.97 Å². The van der Waals surface area contributed by atoms with E-state index in [0.717, 1.165) is 0 Å². The Labute approximate surface area is 143 Å². The molecule has 122 valence electrons. The molecule has 0 aliphatic heterocycles. The van der Waals surface area contributed by atoms with E-state index in [0.29, 0.717) is 6.61 Å². The van der Waals surface area contributed by atoms with Gasteiger partial charge in [-0.25, -0.2) is 9.97 Å². The lowest BCUT2D eigenvalue weighted by Gasteiger charge is -2.10. The van der Waals surface area contributed by atoms with Crippen LogP contribution in [0.1, 0.15) is 17.3 Å². The molecule has 1 amide bonds. The second kappa shape index (κ2) is 8.04. The van der Waals surface area contributed by atoms with Crippen LogP contribution in [-0.2, 0) is 4.79 Å². The smallest absolute Gasteiger partial charge is 0.250 e. The van der Waals surface area contributed by atoms with Crippen LogP contribution in [0.4, 0.5) is 5.82 Å². The maximum absolute atomic E-state index is 12.4. The molecule has 1 atom stereocenters. The summed E-state index contributed by atoms with van der Waals surface area (Å²) in [7, 11) is 0. The molecule has 0 aliphatic carbocycles. The van der Waals surface area contributed by atoms with E-state index in [2.05, 4.69) is 15.3 Å². The Morgan fingerprint density at radius 1 is 1.42 bits per heavy atom. The topological polar surface area (TPSA) is 105 Å². The van der Waals surface area contributed by atoms with Crippen LogP contribution in [0.3, 0.4) is 0 Å². The molecular formula is C16H13ClN4O3. The first kappa shape index (κ1) is 17.4. The molecule has 2 aromatic heterocycles. The van der Waals surface area contributed by atoms with E-state index >= 15 is 0 Å². The van der Waals surface area contributed by atoms with Crippen LogP contribution in [0.5, 0.6) is 5.88 Å². The monoisotopic (exact) mass is 344 g/mol. The first-order valence-corrected chi connectivity index (χ1v) is 7.38. The summed E-state index contributed by atoms with van der Waals surface area (Å²) in [6.45, 7) is 2.14. The summed E-state index contributed by atoms with van der Waals surface area (Å²) >= 11 is 5.98. The van der Waals surface area contributed by atoms with E-state index in [4.69, 9.17) is 16.3 Å². The average Bonchev–Trinajstić information content (AvgIpc) is 2.58. The number of nitrogens with one attached hydrogen (secondary N) is 1. The molecule has 7 nitrogen and oxygen atoms in total. The summed E-state index contributed by atoms with van der Waals surface area (Å²) in [5.41, 5.74) is 0.0474. The predicted molar refractivity (Wildman–Crippen MR) is 86.7 cm³/mol. The van der Waals surface area contributed by atoms with Gasteiger partial charge in [0.15, 0.2) is 11.7 Å². The third kappa shape index (κ3) is 4.06. The van der Waals surface area contributed by atoms with Crippen molar-refractivity contribution < 1.29 is 14.3 Å². The van der Waals surface area contributed by atoms with Crippen molar-refractivity contribution in [2.75, 3.05) is 11.9 Å². The summed E-state index contributed by atoms with van der Waals surface area (Å²) in [6.07, 6.45) is 2.70. The molecule has 2 rings (SSSR count). The summed E-state index contributed by atoms with van der Waals surface area (Å²) in [5.74, 6) is -2.59. The number of nitrogens with zero attached hydrogens (tertiary/aromatic N) is 3. The van der Waals surface area contributed by atoms with Gasteiger partial charge in [0.25, 0.3) is 5.91 Å². The van der Waals surface area contributed by atoms with E-state index in [9.17, 15) is 14.9 Å². The minimum Gasteiger partial charge on any atom is -0.477 e. The van der Waals surface area contributed by atoms with Crippen molar-refractivity contribution in [3.05, 3.63) is 47.2 Å². The van der Waals surface area contributed by atoms with Crippen LogP contribution in [0.15, 0.2) is 36.7 Å². The predicted octanol–water partition coefficient (Wildman–Crippen LogP) is 2.49. The maximum Gasteiger partial charge on any atom is 0.250 e. The molecule has 24 heavy (non-hydrogen) atoms. The Morgan fingerprint density at radius 3 is 2.79 bits per heavy atom. The number of rotatable bonds is 6. The third-order valence-electron chi connectivity index (χ3n) is 2.94. The number of hydrogen-bond acceptors (Lipinski definition) is 6. The number of carbonyl (C=O) groups is 2. The molecule has 0 saturated heterocycles. The van der Waals surface area contributed by atoms with Gasteiger partial charge in [-0.2, -0.15) is 5.26 Å². The van der Waals surface area contributed by atoms with Gasteiger partial charge in [-0.15, -0.1) is 0 Å². The molecule has 0 aromatic carbocycles. The second-order valence-corrected chi connectivity index (χ2v) is 4.98. The minimum absolute atomic E-state index is 0.0474. The number of anilines is 1. The van der Waals surface area contributed by atoms with Crippen LogP contribution in [0, 0.1) is 17.2 Å². The number of ether oxygens (including phenoxy) is 1. The van der Waals surface area contributed by atoms with Crippen LogP contribution in [-0.4, -0.2) is 28.3 Å². The first-order valence-electron chi connectivity index (χ1n) is 7.01. The largest absolute Gasteiger partial charge is 0.477 e. The van der Waals surface area contributed by atoms with Crippen molar-refractivity contribution >= 4 is 29.1 Å². The maximum atomic E-state index is 12.4. The number of halogens is 1. The molecule has 1 N–H and O–H groups in total. The Hall–Kier alpha value is -2.98. The number of ketones is 1. The highest BCUT2D eigenvalue weighted by molar-refractivity contribution is 6.32. The Kier molecular flexibility index (Phi) is 5.82. The zero-order valence-electron chi connectivity index (χ0n) is 12.7. The summed E-state index contributed by atoms with van der Waals surface area (Å²) in [4.78, 5) is 32.4. The van der Waals surface area contributed by atoms with Crippen molar-refractivity contribution in [3.8, 4) is 11.9 Å². The highest BCUT2D eigenvalue weighted by Gasteiger charge is 2.28. The van der Waals surface area contributed by atoms with Crippen molar-refractivity contribution in [1.29, 1.82) is 5.26 Å². The Morgan fingerprint density at radius 2 is 2.21 bits per heavy atom. The van der Waals surface area contributed by atoms with Gasteiger partial charge >= 0.3 is 0 Å². The van der Waals surface area contributed by atoms with E-state index in [1.165, 1.54) is 18.5 Å². The van der Waals surface area contributed by atoms with Gasteiger partial charge in [0.05, 0.1) is 12.7 Å². The lowest BCUT2D eigenvalue weighted by Crippen LogP contribution is -2.29. The molecule has 0 saturated carbocycles. The highest BCUT2D eigenvalue weighted by Crippen LogP contribution is 2.23. The Bertz CT molecular complexity index is 790. The number of Topliss-reactive ketones (excluding diaryl/α,β-unsaturated/α-hetero) is 1. The van der Waals surface area contributed by atoms with Crippen LogP contribution in [0.2, 0.25) is 5.02 Å². The standard InChI is InChI=1S/C16H13ClN4O3/c1-2-24-16-12(17)7-10(9-20-16)14(22)11(8-18)15(23)21-13-5-3-4-6-19-13/h3-7,9,11H,2H2,1H3,(H,19,21,23)/t11-/m0/s1. The highest BCUT2D eigenvalue weighted by atomic mass is 35.5. The SMILES string of the molecule is CCOc1ncc(C(=O)[C@H](C#N)C(=O)Nc2ccccn2)cc1Cl. The number of aromatic nitrogens is 2. The quantitative estimate of drug-likeness (QED) is 0.637. The van der Waals surface area contributed by atoms with Gasteiger partial charge in [-0.1, -0.05) is 17.7 Å². The normalized spacial score (nSPS) is 11.2. The average molecular weight is 345 g/mol. The second-order valence-electron chi connectivity index (χ2n) is 4.57. The Balaban J connectivity index is 2.18. The van der Waals surface area contributed by atoms with Crippen molar-refractivity contribution in [2.24, 2.45) is 5.92 Å². The van der Waals surface area contributed by atoms with E-state index in [1.807, 2.05) is 0 Å². The van der Waals surface area contributed by atoms with Crippen LogP contribution < -0.4 is 10.1 Å². The molecule has 2 heterocycles. The summed E-state index contributed by atoms with van der Waals surface area (Å²) in [5, 5.41) is 11.7. The molecular weight excluding hydrogens is 332 g/mol. The molecule has 0 fully saturated rings. The fourth-order valence-corrected chi connectivity index (χ4v) is 2.06. The van der Waals surface area contributed by atoms with Crippen molar-refractivity contribution in [2.45, 2.75) is 6.92 Å². The molecule has 0 aliphatic rings. The summed E-state index contributed by atoms with van der Waals surface area (Å²) in [6, 6.07) is 7.90. The van der Waals surface area contributed by atoms with Gasteiger partial charge in [0.2, 0.25) is 5.88 Å². The number of pyridine rings is 2. The lowest BCUT2D eigenvalue weighted by molar-refractivity contribution is -0.117. The number of nitriles is 1. The van der Waals surface area contributed by atoms with E-state index in [1.54, 1.807) is 31.2 Å². The fraction of sp³-hybridized carbons (Fsp3) is 0.188. The molecule has 8 heteroatoms. The van der Waals surface area contributed by atoms with Gasteiger partial charge in [0.1, 0.15) is 10.8 Å². The van der Waals surface area contributed by atoms with Gasteiger partial charge in [0, 0.05) is 18.0 Å². The minimum atomic E-state index is -1.54. The van der Waals surface area contributed by atoms with Crippen molar-refractivity contribution in [3.63, 3.8) is 0 Å². The molecule has 0 spiro atoms. The van der Waals surface area contributed by atoms with Gasteiger partial charge < -0.3 is 10.1 Å². The first-order chi connectivity index (χ1) is 11.6. The van der Waals surface area contributed by atoms with Gasteiger partial charge in [-0.3, -0.25) is 9.59 Å². The van der Waals surface area contributed by atoms with E-state index < -0.39 is 17.6 Å². The van der Waals surface area contributed by atoms with Crippen LogP contribution >= 0.6 is 11.6 Å².